The van der Waals surface area contributed by atoms with E-state index in [-0.39, 0.29) is 47.1 Å². The maximum Gasteiger partial charge on any atom is 0.313 e. The minimum Gasteiger partial charge on any atom is -0.448 e. The van der Waals surface area contributed by atoms with E-state index in [1.807, 2.05) is 45.9 Å². The Bertz CT molecular complexity index is 1770. The van der Waals surface area contributed by atoms with E-state index in [2.05, 4.69) is 19.9 Å². The van der Waals surface area contributed by atoms with Crippen LogP contribution in [0.15, 0.2) is 48.0 Å². The van der Waals surface area contributed by atoms with Crippen LogP contribution in [0, 0.1) is 22.1 Å². The number of Topliss-reactive ketones (excluding diaryl/α,β-unsaturated/α-hetero) is 1. The molecule has 282 valence electrons. The highest BCUT2D eigenvalue weighted by molar-refractivity contribution is 6.31. The molecule has 1 aliphatic heterocycles. The lowest BCUT2D eigenvalue weighted by Gasteiger charge is -2.47. The number of carbonyl (C=O) groups excluding carboxylic acids is 3. The number of nitrogens with zero attached hydrogens (tertiary/aromatic N) is 1. The van der Waals surface area contributed by atoms with Crippen molar-refractivity contribution >= 4 is 29.3 Å². The van der Waals surface area contributed by atoms with Gasteiger partial charge >= 0.3 is 5.97 Å². The third kappa shape index (κ3) is 6.14. The van der Waals surface area contributed by atoms with Crippen LogP contribution in [0.25, 0.3) is 0 Å². The molecule has 2 N–H and O–H groups in total. The van der Waals surface area contributed by atoms with Crippen molar-refractivity contribution in [1.82, 2.24) is 4.90 Å². The highest BCUT2D eigenvalue weighted by Gasteiger charge is 2.76. The number of rotatable bonds is 8. The summed E-state index contributed by atoms with van der Waals surface area (Å²) >= 11 is 6.38. The van der Waals surface area contributed by atoms with E-state index in [4.69, 9.17) is 16.3 Å². The van der Waals surface area contributed by atoms with Crippen LogP contribution in [-0.2, 0) is 27.2 Å². The SMILES string of the molecule is CCCN(CC1(O)CCC2c3ccc(cc3C(=O)Cc3c(F)cccc3Cl)CC(O)CCC(C)=CCCC21C)C(=O)C12CCC(C)(C(=O)O1)C2(C)C. The van der Waals surface area contributed by atoms with E-state index in [9.17, 15) is 29.0 Å². The molecule has 1 heterocycles. The summed E-state index contributed by atoms with van der Waals surface area (Å²) in [6.45, 7) is 12.4. The fraction of sp³-hybridized carbons (Fsp3) is 0.605. The molecule has 3 fully saturated rings. The summed E-state index contributed by atoms with van der Waals surface area (Å²) in [5.41, 5.74) is -1.55. The second-order valence-electron chi connectivity index (χ2n) is 17.1. The summed E-state index contributed by atoms with van der Waals surface area (Å²) in [7, 11) is 0. The standard InChI is InChI=1S/C43H55ClFNO6/c1-7-22-46(37(49)43-21-20-41(6,38(50)52-43)39(43,3)4)26-42(51)19-17-33-30-16-14-28(23-29(47)15-13-27(2)10-9-18-40(33,42)5)24-31(30)36(48)25-32-34(44)11-8-12-35(32)45/h8,10-12,14,16,24,29,33,47,51H,7,9,13,15,17-23,25-26H2,1-6H3. The molecule has 4 aliphatic carbocycles. The lowest BCUT2D eigenvalue weighted by atomic mass is 9.64. The second-order valence-corrected chi connectivity index (χ2v) is 17.6. The van der Waals surface area contributed by atoms with Crippen molar-refractivity contribution in [2.75, 3.05) is 13.1 Å². The van der Waals surface area contributed by atoms with Crippen LogP contribution < -0.4 is 0 Å². The number of ether oxygens (including phenoxy) is 1. The molecule has 1 amide bonds. The number of ketones is 1. The zero-order valence-electron chi connectivity index (χ0n) is 31.6. The van der Waals surface area contributed by atoms with Gasteiger partial charge in [0.1, 0.15) is 5.82 Å². The molecule has 6 atom stereocenters. The molecule has 6 unspecified atom stereocenters. The molecular weight excluding hydrogens is 681 g/mol. The van der Waals surface area contributed by atoms with Gasteiger partial charge in [-0.1, -0.05) is 69.1 Å². The summed E-state index contributed by atoms with van der Waals surface area (Å²) in [6, 6.07) is 10.1. The van der Waals surface area contributed by atoms with Crippen molar-refractivity contribution in [2.24, 2.45) is 16.2 Å². The maximum absolute atomic E-state index is 15.0. The lowest BCUT2D eigenvalue weighted by Crippen LogP contribution is -2.60. The number of fused-ring (bicyclic) bond motifs is 10. The lowest BCUT2D eigenvalue weighted by molar-refractivity contribution is -0.177. The Balaban J connectivity index is 1.41. The third-order valence-corrected chi connectivity index (χ3v) is 14.4. The second kappa shape index (κ2) is 14.0. The van der Waals surface area contributed by atoms with Gasteiger partial charge in [-0.15, -0.1) is 0 Å². The van der Waals surface area contributed by atoms with Crippen LogP contribution in [-0.4, -0.2) is 63.2 Å². The number of halogens is 2. The first-order valence-electron chi connectivity index (χ1n) is 19.1. The molecule has 0 spiro atoms. The van der Waals surface area contributed by atoms with Gasteiger partial charge in [0.15, 0.2) is 11.4 Å². The fourth-order valence-corrected chi connectivity index (χ4v) is 10.2. The molecule has 2 saturated carbocycles. The van der Waals surface area contributed by atoms with E-state index in [0.29, 0.717) is 69.9 Å². The Kier molecular flexibility index (Phi) is 10.4. The highest BCUT2D eigenvalue weighted by Crippen LogP contribution is 2.66. The number of allylic oxidation sites excluding steroid dienone is 2. The van der Waals surface area contributed by atoms with Gasteiger partial charge in [-0.05, 0) is 113 Å². The molecule has 2 aromatic rings. The first-order valence-corrected chi connectivity index (χ1v) is 19.5. The summed E-state index contributed by atoms with van der Waals surface area (Å²) < 4.78 is 21.0. The van der Waals surface area contributed by atoms with Crippen LogP contribution >= 0.6 is 11.6 Å². The average Bonchev–Trinajstić information content (AvgIpc) is 3.52. The monoisotopic (exact) mass is 735 g/mol. The highest BCUT2D eigenvalue weighted by atomic mass is 35.5. The van der Waals surface area contributed by atoms with Gasteiger partial charge in [-0.25, -0.2) is 4.39 Å². The van der Waals surface area contributed by atoms with E-state index >= 15 is 0 Å². The van der Waals surface area contributed by atoms with Crippen molar-refractivity contribution in [2.45, 2.75) is 135 Å². The molecule has 0 radical (unpaired) electrons. The third-order valence-electron chi connectivity index (χ3n) is 14.0. The Morgan fingerprint density at radius 1 is 1.06 bits per heavy atom. The van der Waals surface area contributed by atoms with Crippen LogP contribution in [0.5, 0.6) is 0 Å². The molecule has 7 nitrogen and oxygen atoms in total. The average molecular weight is 736 g/mol. The van der Waals surface area contributed by atoms with Crippen molar-refractivity contribution in [1.29, 1.82) is 0 Å². The molecule has 7 rings (SSSR count). The Labute approximate surface area is 313 Å². The number of aliphatic hydroxyl groups is 2. The molecule has 52 heavy (non-hydrogen) atoms. The van der Waals surface area contributed by atoms with E-state index < -0.39 is 39.4 Å². The quantitative estimate of drug-likeness (QED) is 0.161. The van der Waals surface area contributed by atoms with Gasteiger partial charge in [0.2, 0.25) is 0 Å². The largest absolute Gasteiger partial charge is 0.448 e. The van der Waals surface area contributed by atoms with E-state index in [1.165, 1.54) is 17.7 Å². The Morgan fingerprint density at radius 3 is 2.46 bits per heavy atom. The maximum atomic E-state index is 15.0. The van der Waals surface area contributed by atoms with E-state index in [0.717, 1.165) is 17.5 Å². The predicted molar refractivity (Wildman–Crippen MR) is 200 cm³/mol. The first kappa shape index (κ1) is 38.6. The summed E-state index contributed by atoms with van der Waals surface area (Å²) in [5, 5.41) is 24.2. The van der Waals surface area contributed by atoms with Crippen LogP contribution in [0.2, 0.25) is 5.02 Å². The molecule has 0 aromatic heterocycles. The topological polar surface area (TPSA) is 104 Å². The normalized spacial score (nSPS) is 32.6. The summed E-state index contributed by atoms with van der Waals surface area (Å²) in [6.07, 6.45) is 6.91. The number of amides is 1. The van der Waals surface area contributed by atoms with Gasteiger partial charge in [0, 0.05) is 39.9 Å². The van der Waals surface area contributed by atoms with Crippen molar-refractivity contribution in [3.63, 3.8) is 0 Å². The minimum atomic E-state index is -1.34. The molecule has 2 aromatic carbocycles. The van der Waals surface area contributed by atoms with Crippen LogP contribution in [0.3, 0.4) is 0 Å². The Morgan fingerprint density at radius 2 is 1.81 bits per heavy atom. The molecule has 9 heteroatoms. The predicted octanol–water partition coefficient (Wildman–Crippen LogP) is 8.30. The smallest absolute Gasteiger partial charge is 0.313 e. The number of aliphatic hydroxyl groups excluding tert-OH is 1. The van der Waals surface area contributed by atoms with Gasteiger partial charge in [0.05, 0.1) is 23.7 Å². The van der Waals surface area contributed by atoms with Crippen molar-refractivity contribution in [3.8, 4) is 0 Å². The number of carbonyl (C=O) groups is 3. The van der Waals surface area contributed by atoms with Crippen molar-refractivity contribution < 1.29 is 33.7 Å². The van der Waals surface area contributed by atoms with Gasteiger partial charge in [-0.3, -0.25) is 14.4 Å². The minimum absolute atomic E-state index is 0.0693. The molecular formula is C43H55ClFNO6. The first-order chi connectivity index (χ1) is 24.4. The van der Waals surface area contributed by atoms with Crippen molar-refractivity contribution in [3.05, 3.63) is 81.1 Å². The van der Waals surface area contributed by atoms with Gasteiger partial charge < -0.3 is 19.8 Å². The number of hydrogen-bond acceptors (Lipinski definition) is 6. The number of benzene rings is 2. The summed E-state index contributed by atoms with van der Waals surface area (Å²) in [5.74, 6) is -1.67. The molecule has 4 bridgehead atoms. The van der Waals surface area contributed by atoms with Gasteiger partial charge in [0.25, 0.3) is 5.91 Å². The number of hydrogen-bond donors (Lipinski definition) is 2. The number of esters is 1. The zero-order chi connectivity index (χ0) is 37.9. The van der Waals surface area contributed by atoms with Crippen LogP contribution in [0.1, 0.15) is 132 Å². The van der Waals surface area contributed by atoms with Crippen LogP contribution in [0.4, 0.5) is 4.39 Å². The molecule has 5 aliphatic rings. The van der Waals surface area contributed by atoms with Gasteiger partial charge in [-0.2, -0.15) is 0 Å². The van der Waals surface area contributed by atoms with E-state index in [1.54, 1.807) is 11.0 Å². The summed E-state index contributed by atoms with van der Waals surface area (Å²) in [4.78, 5) is 43.9. The molecule has 1 saturated heterocycles. The fourth-order valence-electron chi connectivity index (χ4n) is 10.0. The Hall–Kier alpha value is -3.07. The zero-order valence-corrected chi connectivity index (χ0v) is 32.4.